The maximum Gasteiger partial charge on any atom is 0.257 e. The van der Waals surface area contributed by atoms with Crippen LogP contribution in [0.15, 0.2) is 41.3 Å². The number of aliphatic hydroxyl groups excluding tert-OH is 1. The summed E-state index contributed by atoms with van der Waals surface area (Å²) >= 11 is 0. The zero-order chi connectivity index (χ0) is 17.6. The normalized spacial score (nSPS) is 18.3. The van der Waals surface area contributed by atoms with Crippen LogP contribution in [0.3, 0.4) is 0 Å². The molecular weight excluding hydrogens is 320 g/mol. The van der Waals surface area contributed by atoms with Gasteiger partial charge in [-0.2, -0.15) is 0 Å². The number of anilines is 1. The summed E-state index contributed by atoms with van der Waals surface area (Å²) in [6, 6.07) is 5.63. The fourth-order valence-corrected chi connectivity index (χ4v) is 3.27. The van der Waals surface area contributed by atoms with Crippen LogP contribution >= 0.6 is 0 Å². The number of carbonyl (C=O) groups excluding carboxylic acids is 1. The molecular formula is C18H24N4O3. The van der Waals surface area contributed by atoms with E-state index in [4.69, 9.17) is 4.42 Å². The first-order valence-electron chi connectivity index (χ1n) is 8.51. The third-order valence-electron chi connectivity index (χ3n) is 4.59. The number of nitrogens with zero attached hydrogens (tertiary/aromatic N) is 3. The van der Waals surface area contributed by atoms with Gasteiger partial charge in [-0.25, -0.2) is 4.98 Å². The van der Waals surface area contributed by atoms with Gasteiger partial charge in [0.05, 0.1) is 18.1 Å². The summed E-state index contributed by atoms with van der Waals surface area (Å²) in [6.07, 6.45) is 5.70. The molecule has 25 heavy (non-hydrogen) atoms. The Labute approximate surface area is 147 Å². The largest absolute Gasteiger partial charge is 0.472 e. The molecule has 2 aromatic heterocycles. The second kappa shape index (κ2) is 8.13. The fraction of sp³-hybridized carbons (Fsp3) is 0.444. The Morgan fingerprint density at radius 3 is 3.04 bits per heavy atom. The number of pyridine rings is 1. The number of aromatic nitrogens is 1. The number of nitrogens with one attached hydrogen (secondary N) is 1. The Hall–Kier alpha value is -2.38. The molecule has 2 aromatic rings. The van der Waals surface area contributed by atoms with E-state index >= 15 is 0 Å². The quantitative estimate of drug-likeness (QED) is 0.825. The van der Waals surface area contributed by atoms with Gasteiger partial charge in [-0.15, -0.1) is 0 Å². The number of piperazine rings is 1. The fourth-order valence-electron chi connectivity index (χ4n) is 3.27. The topological polar surface area (TPSA) is 81.8 Å². The van der Waals surface area contributed by atoms with Gasteiger partial charge in [-0.05, 0) is 24.6 Å². The Morgan fingerprint density at radius 1 is 1.44 bits per heavy atom. The van der Waals surface area contributed by atoms with Crippen molar-refractivity contribution in [3.63, 3.8) is 0 Å². The van der Waals surface area contributed by atoms with Gasteiger partial charge in [0.15, 0.2) is 0 Å². The molecule has 0 saturated carbocycles. The minimum atomic E-state index is -0.0247. The predicted octanol–water partition coefficient (Wildman–Crippen LogP) is 1.43. The van der Waals surface area contributed by atoms with Crippen molar-refractivity contribution in [2.45, 2.75) is 19.0 Å². The molecule has 1 aliphatic rings. The number of hydrogen-bond acceptors (Lipinski definition) is 6. The molecule has 1 amide bonds. The van der Waals surface area contributed by atoms with E-state index in [1.807, 2.05) is 11.0 Å². The lowest BCUT2D eigenvalue weighted by atomic mass is 10.1. The number of hydrogen-bond donors (Lipinski definition) is 2. The van der Waals surface area contributed by atoms with Crippen molar-refractivity contribution < 1.29 is 14.3 Å². The lowest BCUT2D eigenvalue weighted by molar-refractivity contribution is 0.0395. The zero-order valence-electron chi connectivity index (χ0n) is 14.4. The van der Waals surface area contributed by atoms with Gasteiger partial charge in [0, 0.05) is 57.6 Å². The van der Waals surface area contributed by atoms with Crippen molar-refractivity contribution in [2.75, 3.05) is 38.6 Å². The van der Waals surface area contributed by atoms with Crippen LogP contribution in [0.2, 0.25) is 0 Å². The van der Waals surface area contributed by atoms with Gasteiger partial charge in [-0.3, -0.25) is 9.69 Å². The molecule has 7 heteroatoms. The monoisotopic (exact) mass is 344 g/mol. The van der Waals surface area contributed by atoms with Crippen LogP contribution in [0, 0.1) is 0 Å². The predicted molar refractivity (Wildman–Crippen MR) is 94.3 cm³/mol. The van der Waals surface area contributed by atoms with Crippen LogP contribution in [-0.4, -0.2) is 65.1 Å². The standard InChI is InChI=1S/C18H24N4O3/c1-19-17-16(3-2-6-20-17)18(24)22-8-7-21(15(12-22)4-9-23)11-14-5-10-25-13-14/h2-3,5-6,10,13,15,23H,4,7-9,11-12H2,1H3,(H,19,20)/t15-/m1/s1. The van der Waals surface area contributed by atoms with E-state index < -0.39 is 0 Å². The number of aliphatic hydroxyl groups is 1. The van der Waals surface area contributed by atoms with E-state index in [1.165, 1.54) is 0 Å². The summed E-state index contributed by atoms with van der Waals surface area (Å²) in [4.78, 5) is 21.3. The van der Waals surface area contributed by atoms with E-state index in [1.54, 1.807) is 37.9 Å². The van der Waals surface area contributed by atoms with Crippen molar-refractivity contribution in [3.05, 3.63) is 48.0 Å². The molecule has 0 bridgehead atoms. The average Bonchev–Trinajstić information content (AvgIpc) is 3.16. The molecule has 0 unspecified atom stereocenters. The summed E-state index contributed by atoms with van der Waals surface area (Å²) in [5.41, 5.74) is 1.68. The lowest BCUT2D eigenvalue weighted by Crippen LogP contribution is -2.54. The minimum Gasteiger partial charge on any atom is -0.472 e. The SMILES string of the molecule is CNc1ncccc1C(=O)N1CCN(Cc2ccoc2)[C@H](CCO)C1. The second-order valence-electron chi connectivity index (χ2n) is 6.17. The highest BCUT2D eigenvalue weighted by atomic mass is 16.3. The lowest BCUT2D eigenvalue weighted by Gasteiger charge is -2.41. The molecule has 0 spiro atoms. The highest BCUT2D eigenvalue weighted by Crippen LogP contribution is 2.20. The first-order valence-corrected chi connectivity index (χ1v) is 8.51. The number of carbonyl (C=O) groups is 1. The molecule has 1 fully saturated rings. The summed E-state index contributed by atoms with van der Waals surface area (Å²) in [7, 11) is 1.76. The number of rotatable bonds is 6. The summed E-state index contributed by atoms with van der Waals surface area (Å²) in [5.74, 6) is 0.565. The highest BCUT2D eigenvalue weighted by molar-refractivity contribution is 5.98. The molecule has 1 saturated heterocycles. The highest BCUT2D eigenvalue weighted by Gasteiger charge is 2.30. The Balaban J connectivity index is 1.71. The van der Waals surface area contributed by atoms with Crippen molar-refractivity contribution in [1.29, 1.82) is 0 Å². The van der Waals surface area contributed by atoms with E-state index in [2.05, 4.69) is 15.2 Å². The van der Waals surface area contributed by atoms with Crippen LogP contribution in [0.1, 0.15) is 22.3 Å². The molecule has 1 aliphatic heterocycles. The van der Waals surface area contributed by atoms with Crippen LogP contribution in [0.25, 0.3) is 0 Å². The maximum absolute atomic E-state index is 12.9. The van der Waals surface area contributed by atoms with Crippen LogP contribution in [0.4, 0.5) is 5.82 Å². The second-order valence-corrected chi connectivity index (χ2v) is 6.17. The summed E-state index contributed by atoms with van der Waals surface area (Å²) in [6.45, 7) is 2.86. The van der Waals surface area contributed by atoms with Crippen LogP contribution in [-0.2, 0) is 6.54 Å². The van der Waals surface area contributed by atoms with Crippen LogP contribution < -0.4 is 5.32 Å². The van der Waals surface area contributed by atoms with Gasteiger partial charge in [0.2, 0.25) is 0 Å². The minimum absolute atomic E-state index is 0.0247. The molecule has 3 heterocycles. The molecule has 0 radical (unpaired) electrons. The number of furan rings is 1. The third-order valence-corrected chi connectivity index (χ3v) is 4.59. The zero-order valence-corrected chi connectivity index (χ0v) is 14.4. The Bertz CT molecular complexity index is 689. The Morgan fingerprint density at radius 2 is 2.32 bits per heavy atom. The smallest absolute Gasteiger partial charge is 0.257 e. The molecule has 0 aromatic carbocycles. The first-order chi connectivity index (χ1) is 12.2. The van der Waals surface area contributed by atoms with Gasteiger partial charge in [0.1, 0.15) is 5.82 Å². The summed E-state index contributed by atoms with van der Waals surface area (Å²) in [5, 5.41) is 12.4. The van der Waals surface area contributed by atoms with E-state index in [9.17, 15) is 9.90 Å². The average molecular weight is 344 g/mol. The molecule has 0 aliphatic carbocycles. The first kappa shape index (κ1) is 17.4. The van der Waals surface area contributed by atoms with Crippen LogP contribution in [0.5, 0.6) is 0 Å². The number of amides is 1. The maximum atomic E-state index is 12.9. The van der Waals surface area contributed by atoms with Gasteiger partial charge in [-0.1, -0.05) is 0 Å². The van der Waals surface area contributed by atoms with E-state index in [0.717, 1.165) is 18.7 Å². The van der Waals surface area contributed by atoms with Crippen molar-refractivity contribution in [3.8, 4) is 0 Å². The van der Waals surface area contributed by atoms with Gasteiger partial charge >= 0.3 is 0 Å². The molecule has 2 N–H and O–H groups in total. The van der Waals surface area contributed by atoms with Crippen molar-refractivity contribution >= 4 is 11.7 Å². The molecule has 3 rings (SSSR count). The molecule has 1 atom stereocenters. The van der Waals surface area contributed by atoms with Crippen molar-refractivity contribution in [2.24, 2.45) is 0 Å². The molecule has 7 nitrogen and oxygen atoms in total. The third kappa shape index (κ3) is 4.00. The van der Waals surface area contributed by atoms with Crippen molar-refractivity contribution in [1.82, 2.24) is 14.8 Å². The summed E-state index contributed by atoms with van der Waals surface area (Å²) < 4.78 is 5.14. The Kier molecular flexibility index (Phi) is 5.67. The van der Waals surface area contributed by atoms with E-state index in [-0.39, 0.29) is 18.6 Å². The molecule has 134 valence electrons. The van der Waals surface area contributed by atoms with E-state index in [0.29, 0.717) is 30.9 Å². The van der Waals surface area contributed by atoms with Gasteiger partial charge in [0.25, 0.3) is 5.91 Å². The van der Waals surface area contributed by atoms with Gasteiger partial charge < -0.3 is 19.7 Å².